The predicted molar refractivity (Wildman–Crippen MR) is 39.7 cm³/mol. The summed E-state index contributed by atoms with van der Waals surface area (Å²) in [4.78, 5) is 0. The molecule has 0 atom stereocenters. The number of rotatable bonds is 0. The van der Waals surface area contributed by atoms with Gasteiger partial charge in [-0.2, -0.15) is 5.10 Å². The fourth-order valence-corrected chi connectivity index (χ4v) is 1.21. The topological polar surface area (TPSA) is 28.7 Å². The molecule has 0 saturated carbocycles. The van der Waals surface area contributed by atoms with E-state index in [-0.39, 0.29) is 29.6 Å². The van der Waals surface area contributed by atoms with Crippen LogP contribution in [0, 0.1) is 0 Å². The maximum atomic E-state index is 3.76. The number of H-pyrrole nitrogens is 1. The van der Waals surface area contributed by atoms with E-state index in [1.165, 1.54) is 0 Å². The molecule has 0 amide bonds. The predicted octanol–water partition coefficient (Wildman–Crippen LogP) is 1.55. The summed E-state index contributed by atoms with van der Waals surface area (Å²) < 4.78 is 1.71. The first-order chi connectivity index (χ1) is 3.29. The molecule has 8 heavy (non-hydrogen) atoms. The van der Waals surface area contributed by atoms with Crippen LogP contribution >= 0.6 is 31.9 Å². The Hall–Kier alpha value is 1.17. The van der Waals surface area contributed by atoms with Crippen molar-refractivity contribution in [1.29, 1.82) is 0 Å². The van der Waals surface area contributed by atoms with Gasteiger partial charge in [-0.15, -0.1) is 0 Å². The molecule has 1 aromatic rings. The normalized spacial score (nSPS) is 8.25. The number of nitrogens with one attached hydrogen (secondary N) is 1. The molecule has 0 aliphatic carbocycles. The molecule has 1 aromatic heterocycles. The molecule has 1 radical (unpaired) electrons. The van der Waals surface area contributed by atoms with Gasteiger partial charge in [-0.1, -0.05) is 0 Å². The number of aromatic nitrogens is 2. The second kappa shape index (κ2) is 4.06. The monoisotopic (exact) mass is 247 g/mol. The molecule has 0 fully saturated rings. The van der Waals surface area contributed by atoms with Gasteiger partial charge >= 0.3 is 0 Å². The number of hydrogen-bond donors (Lipinski definition) is 1. The molecular formula is C3H2Br2N2Na. The summed E-state index contributed by atoms with van der Waals surface area (Å²) in [6.45, 7) is 0. The molecule has 0 spiro atoms. The maximum absolute atomic E-state index is 3.76. The Bertz CT molecular complexity index is 148. The van der Waals surface area contributed by atoms with E-state index >= 15 is 0 Å². The van der Waals surface area contributed by atoms with Crippen molar-refractivity contribution in [3.63, 3.8) is 0 Å². The van der Waals surface area contributed by atoms with Gasteiger partial charge in [0.05, 0.1) is 0 Å². The fourth-order valence-electron chi connectivity index (χ4n) is 0.276. The summed E-state index contributed by atoms with van der Waals surface area (Å²) in [5.74, 6) is 0. The quantitative estimate of drug-likeness (QED) is 0.694. The van der Waals surface area contributed by atoms with Crippen molar-refractivity contribution in [3.8, 4) is 0 Å². The minimum Gasteiger partial charge on any atom is -0.270 e. The smallest absolute Gasteiger partial charge is 0.129 e. The van der Waals surface area contributed by atoms with Crippen molar-refractivity contribution in [2.45, 2.75) is 0 Å². The van der Waals surface area contributed by atoms with Crippen LogP contribution < -0.4 is 0 Å². The third-order valence-electron chi connectivity index (χ3n) is 0.515. The van der Waals surface area contributed by atoms with Gasteiger partial charge in [0, 0.05) is 35.6 Å². The Balaban J connectivity index is 0.000000490. The van der Waals surface area contributed by atoms with Crippen LogP contribution in [0.1, 0.15) is 0 Å². The van der Waals surface area contributed by atoms with Crippen LogP contribution in [0.3, 0.4) is 0 Å². The molecule has 0 bridgehead atoms. The standard InChI is InChI=1S/C3H2Br2N2.Na/c4-2-1-3(5)7-6-2;/h1H,(H,6,7);. The first-order valence-corrected chi connectivity index (χ1v) is 3.24. The molecule has 0 aliphatic rings. The second-order valence-corrected chi connectivity index (χ2v) is 2.71. The molecule has 0 saturated heterocycles. The van der Waals surface area contributed by atoms with Crippen molar-refractivity contribution in [3.05, 3.63) is 15.3 Å². The van der Waals surface area contributed by atoms with Crippen molar-refractivity contribution in [2.75, 3.05) is 0 Å². The molecule has 0 aromatic carbocycles. The minimum absolute atomic E-state index is 0. The largest absolute Gasteiger partial charge is 0.270 e. The van der Waals surface area contributed by atoms with E-state index < -0.39 is 0 Å². The van der Waals surface area contributed by atoms with Crippen LogP contribution in [0.15, 0.2) is 15.3 Å². The van der Waals surface area contributed by atoms with E-state index in [0.29, 0.717) is 0 Å². The van der Waals surface area contributed by atoms with Crippen LogP contribution in [-0.4, -0.2) is 39.8 Å². The molecule has 0 aliphatic heterocycles. The Labute approximate surface area is 86.0 Å². The summed E-state index contributed by atoms with van der Waals surface area (Å²) in [6, 6.07) is 1.83. The Kier molecular flexibility index (Phi) is 4.65. The Morgan fingerprint density at radius 1 is 1.50 bits per heavy atom. The molecule has 0 unspecified atom stereocenters. The average molecular weight is 249 g/mol. The molecule has 1 N–H and O–H groups in total. The van der Waals surface area contributed by atoms with Crippen LogP contribution in [0.5, 0.6) is 0 Å². The Morgan fingerprint density at radius 3 is 2.25 bits per heavy atom. The Morgan fingerprint density at radius 2 is 2.12 bits per heavy atom. The summed E-state index contributed by atoms with van der Waals surface area (Å²) in [5.41, 5.74) is 0. The first-order valence-electron chi connectivity index (χ1n) is 1.65. The summed E-state index contributed by atoms with van der Waals surface area (Å²) in [7, 11) is 0. The van der Waals surface area contributed by atoms with Crippen molar-refractivity contribution >= 4 is 61.4 Å². The zero-order chi connectivity index (χ0) is 5.28. The molecule has 5 heteroatoms. The van der Waals surface area contributed by atoms with Crippen LogP contribution in [-0.2, 0) is 0 Å². The van der Waals surface area contributed by atoms with Gasteiger partial charge in [0.1, 0.15) is 9.21 Å². The zero-order valence-corrected chi connectivity index (χ0v) is 9.45. The van der Waals surface area contributed by atoms with E-state index in [0.717, 1.165) is 9.21 Å². The second-order valence-electron chi connectivity index (χ2n) is 1.04. The van der Waals surface area contributed by atoms with Gasteiger partial charge in [-0.25, -0.2) is 0 Å². The number of halogens is 2. The van der Waals surface area contributed by atoms with Gasteiger partial charge in [0.25, 0.3) is 0 Å². The fraction of sp³-hybridized carbons (Fsp3) is 0. The van der Waals surface area contributed by atoms with Gasteiger partial charge in [-0.05, 0) is 31.9 Å². The van der Waals surface area contributed by atoms with Crippen LogP contribution in [0.25, 0.3) is 0 Å². The van der Waals surface area contributed by atoms with Gasteiger partial charge in [0.15, 0.2) is 0 Å². The zero-order valence-electron chi connectivity index (χ0n) is 4.28. The number of aromatic amines is 1. The molecule has 2 nitrogen and oxygen atoms in total. The molecular weight excluding hydrogens is 247 g/mol. The summed E-state index contributed by atoms with van der Waals surface area (Å²) in [5, 5.41) is 6.45. The van der Waals surface area contributed by atoms with E-state index in [1.54, 1.807) is 0 Å². The van der Waals surface area contributed by atoms with E-state index in [1.807, 2.05) is 6.07 Å². The maximum Gasteiger partial charge on any atom is 0.129 e. The SMILES string of the molecule is Brc1cc(Br)[nH]n1.[Na]. The van der Waals surface area contributed by atoms with Crippen molar-refractivity contribution in [2.24, 2.45) is 0 Å². The van der Waals surface area contributed by atoms with E-state index in [4.69, 9.17) is 0 Å². The van der Waals surface area contributed by atoms with Gasteiger partial charge in [-0.3, -0.25) is 5.10 Å². The van der Waals surface area contributed by atoms with E-state index in [2.05, 4.69) is 42.1 Å². The average Bonchev–Trinajstić information content (AvgIpc) is 1.87. The minimum atomic E-state index is 0. The molecule has 1 heterocycles. The van der Waals surface area contributed by atoms with Crippen LogP contribution in [0.4, 0.5) is 0 Å². The third kappa shape index (κ3) is 2.64. The summed E-state index contributed by atoms with van der Waals surface area (Å²) >= 11 is 6.34. The van der Waals surface area contributed by atoms with Gasteiger partial charge < -0.3 is 0 Å². The van der Waals surface area contributed by atoms with E-state index in [9.17, 15) is 0 Å². The summed E-state index contributed by atoms with van der Waals surface area (Å²) in [6.07, 6.45) is 0. The number of hydrogen-bond acceptors (Lipinski definition) is 1. The molecule has 39 valence electrons. The number of nitrogens with zero attached hydrogens (tertiary/aromatic N) is 1. The van der Waals surface area contributed by atoms with Crippen LogP contribution in [0.2, 0.25) is 0 Å². The van der Waals surface area contributed by atoms with Crippen molar-refractivity contribution in [1.82, 2.24) is 10.2 Å². The molecule has 1 rings (SSSR count). The first kappa shape index (κ1) is 9.17. The van der Waals surface area contributed by atoms with Gasteiger partial charge in [0.2, 0.25) is 0 Å². The third-order valence-corrected chi connectivity index (χ3v) is 1.33. The van der Waals surface area contributed by atoms with Crippen molar-refractivity contribution < 1.29 is 0 Å².